The van der Waals surface area contributed by atoms with Gasteiger partial charge in [-0.25, -0.2) is 4.79 Å². The van der Waals surface area contributed by atoms with Gasteiger partial charge in [-0.2, -0.15) is 0 Å². The van der Waals surface area contributed by atoms with Gasteiger partial charge in [0, 0.05) is 7.11 Å². The minimum Gasteiger partial charge on any atom is -0.497 e. The number of methoxy groups -OCH3 is 2. The molecule has 1 aliphatic rings. The maximum atomic E-state index is 12.3. The molecule has 1 aliphatic heterocycles. The largest absolute Gasteiger partial charge is 0.497 e. The molecule has 1 aromatic carbocycles. The molecule has 1 saturated heterocycles. The molecule has 0 aromatic heterocycles. The molecule has 2 rings (SSSR count). The van der Waals surface area contributed by atoms with Gasteiger partial charge < -0.3 is 18.9 Å². The lowest BCUT2D eigenvalue weighted by Gasteiger charge is -2.34. The predicted molar refractivity (Wildman–Crippen MR) is 87.0 cm³/mol. The third-order valence-electron chi connectivity index (χ3n) is 4.01. The fraction of sp³-hybridized carbons (Fsp3) is 0.556. The highest BCUT2D eigenvalue weighted by atomic mass is 16.7. The Morgan fingerprint density at radius 1 is 1.25 bits per heavy atom. The van der Waals surface area contributed by atoms with Crippen molar-refractivity contribution < 1.29 is 28.5 Å². The highest BCUT2D eigenvalue weighted by Crippen LogP contribution is 2.25. The molecule has 0 unspecified atom stereocenters. The zero-order valence-electron chi connectivity index (χ0n) is 14.3. The maximum absolute atomic E-state index is 12.3. The minimum atomic E-state index is -0.891. The van der Waals surface area contributed by atoms with Crippen LogP contribution < -0.4 is 4.74 Å². The first kappa shape index (κ1) is 18.4. The van der Waals surface area contributed by atoms with Gasteiger partial charge >= 0.3 is 5.97 Å². The van der Waals surface area contributed by atoms with E-state index in [1.54, 1.807) is 31.4 Å². The molecule has 6 nitrogen and oxygen atoms in total. The number of ether oxygens (including phenoxy) is 4. The summed E-state index contributed by atoms with van der Waals surface area (Å²) in [5, 5.41) is 0. The second kappa shape index (κ2) is 8.80. The van der Waals surface area contributed by atoms with Crippen LogP contribution in [0.5, 0.6) is 5.75 Å². The van der Waals surface area contributed by atoms with Crippen molar-refractivity contribution in [1.29, 1.82) is 0 Å². The van der Waals surface area contributed by atoms with E-state index in [1.165, 1.54) is 7.11 Å². The minimum absolute atomic E-state index is 0.0830. The molecule has 0 bridgehead atoms. The van der Waals surface area contributed by atoms with Gasteiger partial charge in [0.15, 0.2) is 18.2 Å². The van der Waals surface area contributed by atoms with Crippen molar-refractivity contribution in [2.75, 3.05) is 14.2 Å². The van der Waals surface area contributed by atoms with Crippen molar-refractivity contribution in [3.8, 4) is 5.75 Å². The smallest absolute Gasteiger partial charge is 0.338 e. The third-order valence-corrected chi connectivity index (χ3v) is 4.01. The molecule has 0 aliphatic carbocycles. The van der Waals surface area contributed by atoms with E-state index in [9.17, 15) is 9.59 Å². The van der Waals surface area contributed by atoms with E-state index < -0.39 is 24.5 Å². The van der Waals surface area contributed by atoms with Crippen LogP contribution in [-0.4, -0.2) is 44.5 Å². The second-order valence-corrected chi connectivity index (χ2v) is 5.71. The molecular formula is C18H24O6. The van der Waals surface area contributed by atoms with Crippen LogP contribution in [0, 0.1) is 0 Å². The predicted octanol–water partition coefficient (Wildman–Crippen LogP) is 2.74. The Balaban J connectivity index is 2.08. The van der Waals surface area contributed by atoms with Crippen molar-refractivity contribution in [3.63, 3.8) is 0 Å². The van der Waals surface area contributed by atoms with Gasteiger partial charge in [-0.3, -0.25) is 4.79 Å². The molecule has 24 heavy (non-hydrogen) atoms. The van der Waals surface area contributed by atoms with Crippen LogP contribution in [0.1, 0.15) is 43.0 Å². The zero-order valence-corrected chi connectivity index (χ0v) is 14.3. The molecule has 0 N–H and O–H groups in total. The van der Waals surface area contributed by atoms with Crippen LogP contribution in [0.15, 0.2) is 24.3 Å². The van der Waals surface area contributed by atoms with Crippen molar-refractivity contribution in [2.24, 2.45) is 0 Å². The van der Waals surface area contributed by atoms with Gasteiger partial charge in [-0.1, -0.05) is 19.8 Å². The van der Waals surface area contributed by atoms with Gasteiger partial charge in [-0.05, 0) is 30.7 Å². The standard InChI is InChI=1S/C18H24O6/c1-4-5-6-15-17(14(19)11-16(22-3)23-15)24-18(20)12-7-9-13(21-2)10-8-12/h7-10,15-17H,4-6,11H2,1-3H3/t15-,16+,17+/m1/s1. The number of ketones is 1. The summed E-state index contributed by atoms with van der Waals surface area (Å²) in [4.78, 5) is 24.7. The highest BCUT2D eigenvalue weighted by Gasteiger charge is 2.40. The Labute approximate surface area is 142 Å². The van der Waals surface area contributed by atoms with Crippen molar-refractivity contribution in [2.45, 2.75) is 51.1 Å². The molecule has 132 valence electrons. The first-order valence-corrected chi connectivity index (χ1v) is 8.15. The van der Waals surface area contributed by atoms with Gasteiger partial charge in [0.2, 0.25) is 0 Å². The summed E-state index contributed by atoms with van der Waals surface area (Å²) in [6.07, 6.45) is 0.629. The quantitative estimate of drug-likeness (QED) is 0.713. The number of hydrogen-bond acceptors (Lipinski definition) is 6. The number of benzene rings is 1. The van der Waals surface area contributed by atoms with Gasteiger partial charge in [0.1, 0.15) is 11.9 Å². The van der Waals surface area contributed by atoms with E-state index in [2.05, 4.69) is 6.92 Å². The van der Waals surface area contributed by atoms with E-state index >= 15 is 0 Å². The summed E-state index contributed by atoms with van der Waals surface area (Å²) in [5.74, 6) is -0.0691. The van der Waals surface area contributed by atoms with Gasteiger partial charge in [0.05, 0.1) is 19.1 Å². The number of carbonyl (C=O) groups excluding carboxylic acids is 2. The number of unbranched alkanes of at least 4 members (excludes halogenated alkanes) is 1. The first-order valence-electron chi connectivity index (χ1n) is 8.15. The summed E-state index contributed by atoms with van der Waals surface area (Å²) in [6, 6.07) is 6.55. The Hall–Kier alpha value is -1.92. The highest BCUT2D eigenvalue weighted by molar-refractivity contribution is 5.93. The van der Waals surface area contributed by atoms with E-state index in [1.807, 2.05) is 0 Å². The summed E-state index contributed by atoms with van der Waals surface area (Å²) in [7, 11) is 3.05. The molecule has 6 heteroatoms. The van der Waals surface area contributed by atoms with E-state index in [-0.39, 0.29) is 12.2 Å². The van der Waals surface area contributed by atoms with Gasteiger partial charge in [0.25, 0.3) is 0 Å². The Morgan fingerprint density at radius 3 is 2.54 bits per heavy atom. The molecule has 0 spiro atoms. The lowest BCUT2D eigenvalue weighted by molar-refractivity contribution is -0.209. The average Bonchev–Trinajstić information content (AvgIpc) is 2.61. The monoisotopic (exact) mass is 336 g/mol. The molecule has 1 aromatic rings. The van der Waals surface area contributed by atoms with E-state index in [4.69, 9.17) is 18.9 Å². The number of rotatable bonds is 7. The second-order valence-electron chi connectivity index (χ2n) is 5.71. The molecule has 0 amide bonds. The Bertz CT molecular complexity index is 553. The fourth-order valence-electron chi connectivity index (χ4n) is 2.62. The molecule has 3 atom stereocenters. The van der Waals surface area contributed by atoms with Crippen LogP contribution in [-0.2, 0) is 19.0 Å². The maximum Gasteiger partial charge on any atom is 0.338 e. The Kier molecular flexibility index (Phi) is 6.75. The molecule has 0 saturated carbocycles. The summed E-state index contributed by atoms with van der Waals surface area (Å²) >= 11 is 0. The topological polar surface area (TPSA) is 71.1 Å². The van der Waals surface area contributed by atoms with E-state index in [0.29, 0.717) is 17.7 Å². The zero-order chi connectivity index (χ0) is 17.5. The van der Waals surface area contributed by atoms with Gasteiger partial charge in [-0.15, -0.1) is 0 Å². The van der Waals surface area contributed by atoms with E-state index in [0.717, 1.165) is 12.8 Å². The first-order chi connectivity index (χ1) is 11.6. The number of hydrogen-bond donors (Lipinski definition) is 0. The van der Waals surface area contributed by atoms with Crippen LogP contribution in [0.2, 0.25) is 0 Å². The Morgan fingerprint density at radius 2 is 1.96 bits per heavy atom. The number of Topliss-reactive ketones (excluding diaryl/α,β-unsaturated/α-hetero) is 1. The summed E-state index contributed by atoms with van der Waals surface area (Å²) in [6.45, 7) is 2.05. The van der Waals surface area contributed by atoms with Crippen LogP contribution in [0.4, 0.5) is 0 Å². The lowest BCUT2D eigenvalue weighted by atomic mass is 9.98. The molecule has 1 heterocycles. The fourth-order valence-corrected chi connectivity index (χ4v) is 2.62. The van der Waals surface area contributed by atoms with Crippen LogP contribution >= 0.6 is 0 Å². The normalized spacial score (nSPS) is 23.8. The molecule has 0 radical (unpaired) electrons. The number of esters is 1. The van der Waals surface area contributed by atoms with Crippen molar-refractivity contribution in [3.05, 3.63) is 29.8 Å². The average molecular weight is 336 g/mol. The van der Waals surface area contributed by atoms with Crippen LogP contribution in [0.3, 0.4) is 0 Å². The SMILES string of the molecule is CCCC[C@H]1O[C@H](OC)CC(=O)[C@@H]1OC(=O)c1ccc(OC)cc1. The summed E-state index contributed by atoms with van der Waals surface area (Å²) < 4.78 is 21.4. The number of carbonyl (C=O) groups is 2. The lowest BCUT2D eigenvalue weighted by Crippen LogP contribution is -2.48. The summed E-state index contributed by atoms with van der Waals surface area (Å²) in [5.41, 5.74) is 0.367. The molecule has 1 fully saturated rings. The van der Waals surface area contributed by atoms with Crippen LogP contribution in [0.25, 0.3) is 0 Å². The van der Waals surface area contributed by atoms with Crippen molar-refractivity contribution in [1.82, 2.24) is 0 Å². The third kappa shape index (κ3) is 4.55. The van der Waals surface area contributed by atoms with Crippen molar-refractivity contribution >= 4 is 11.8 Å². The molecular weight excluding hydrogens is 312 g/mol.